The first kappa shape index (κ1) is 21.1. The zero-order valence-electron chi connectivity index (χ0n) is 18.9. The van der Waals surface area contributed by atoms with Gasteiger partial charge in [0.15, 0.2) is 28.8 Å². The van der Waals surface area contributed by atoms with Crippen LogP contribution in [0.2, 0.25) is 0 Å². The van der Waals surface area contributed by atoms with Crippen molar-refractivity contribution in [3.05, 3.63) is 103 Å². The van der Waals surface area contributed by atoms with Gasteiger partial charge in [-0.05, 0) is 36.4 Å². The Labute approximate surface area is 220 Å². The van der Waals surface area contributed by atoms with Crippen LogP contribution in [0.25, 0.3) is 66.1 Å². The van der Waals surface area contributed by atoms with E-state index in [0.29, 0.717) is 0 Å². The van der Waals surface area contributed by atoms with Crippen LogP contribution in [-0.4, -0.2) is 19.9 Å². The van der Waals surface area contributed by atoms with Crippen LogP contribution in [0.1, 0.15) is 0 Å². The molecule has 0 N–H and O–H groups in total. The fourth-order valence-electron chi connectivity index (χ4n) is 4.77. The number of aromatic nitrogens is 4. The number of nitrogens with zero attached hydrogens (tertiary/aromatic N) is 4. The van der Waals surface area contributed by atoms with Gasteiger partial charge in [-0.2, -0.15) is 0 Å². The van der Waals surface area contributed by atoms with E-state index in [1.165, 1.54) is 0 Å². The van der Waals surface area contributed by atoms with Crippen molar-refractivity contribution in [1.82, 2.24) is 19.9 Å². The Kier molecular flexibility index (Phi) is 4.99. The van der Waals surface area contributed by atoms with E-state index >= 15 is 0 Å². The molecule has 0 aliphatic rings. The summed E-state index contributed by atoms with van der Waals surface area (Å²) in [4.78, 5) is 19.3. The summed E-state index contributed by atoms with van der Waals surface area (Å²) < 4.78 is 5.94. The number of fused-ring (bicyclic) bond motifs is 6. The summed E-state index contributed by atoms with van der Waals surface area (Å²) in [6.45, 7) is 0. The van der Waals surface area contributed by atoms with E-state index in [1.807, 2.05) is 65.5 Å². The van der Waals surface area contributed by atoms with Crippen LogP contribution in [0, 0.1) is 0 Å². The Morgan fingerprint density at radius 2 is 0.917 bits per heavy atom. The molecule has 0 unspecified atom stereocenters. The summed E-state index contributed by atoms with van der Waals surface area (Å²) in [5.41, 5.74) is 6.96. The second-order valence-corrected chi connectivity index (χ2v) is 9.02. The molecule has 7 rings (SSSR count). The van der Waals surface area contributed by atoms with Crippen LogP contribution in [0.5, 0.6) is 5.75 Å². The minimum Gasteiger partial charge on any atom is -0.426 e. The molecule has 7 aromatic rings. The molecule has 0 spiro atoms. The van der Waals surface area contributed by atoms with Crippen molar-refractivity contribution in [3.8, 4) is 28.3 Å². The average molecular weight is 576 g/mol. The summed E-state index contributed by atoms with van der Waals surface area (Å²) in [6, 6.07) is 30.6. The first-order chi connectivity index (χ1) is 17.8. The average Bonchev–Trinajstić information content (AvgIpc) is 2.96. The van der Waals surface area contributed by atoms with E-state index in [0.717, 1.165) is 71.9 Å². The third-order valence-electron chi connectivity index (χ3n) is 6.51. The van der Waals surface area contributed by atoms with Crippen molar-refractivity contribution in [1.29, 1.82) is 0 Å². The number of halogens is 1. The molecule has 4 aromatic heterocycles. The highest BCUT2D eigenvalue weighted by Crippen LogP contribution is 2.40. The monoisotopic (exact) mass is 576 g/mol. The van der Waals surface area contributed by atoms with Crippen molar-refractivity contribution < 1.29 is 3.07 Å². The smallest absolute Gasteiger partial charge is 0.192 e. The van der Waals surface area contributed by atoms with Crippen LogP contribution >= 0.6 is 23.0 Å². The summed E-state index contributed by atoms with van der Waals surface area (Å²) in [7, 11) is 0. The maximum atomic E-state index is 5.94. The van der Waals surface area contributed by atoms with Gasteiger partial charge in [-0.25, -0.2) is 9.97 Å². The molecule has 0 atom stereocenters. The van der Waals surface area contributed by atoms with Gasteiger partial charge in [-0.15, -0.1) is 0 Å². The Morgan fingerprint density at radius 3 is 1.39 bits per heavy atom. The molecule has 0 radical (unpaired) electrons. The van der Waals surface area contributed by atoms with E-state index < -0.39 is 0 Å². The van der Waals surface area contributed by atoms with Gasteiger partial charge < -0.3 is 3.07 Å². The Hall–Kier alpha value is -4.17. The molecule has 0 fully saturated rings. The van der Waals surface area contributed by atoms with Crippen LogP contribution in [0.15, 0.2) is 103 Å². The molecule has 0 bridgehead atoms. The van der Waals surface area contributed by atoms with Crippen molar-refractivity contribution >= 4 is 66.6 Å². The summed E-state index contributed by atoms with van der Waals surface area (Å²) in [5, 5.41) is 4.23. The molecular formula is C30H17IN4O. The molecule has 0 saturated carbocycles. The maximum absolute atomic E-state index is 5.94. The number of hydrogen-bond donors (Lipinski definition) is 0. The topological polar surface area (TPSA) is 60.8 Å². The van der Waals surface area contributed by atoms with Crippen molar-refractivity contribution in [3.63, 3.8) is 0 Å². The van der Waals surface area contributed by atoms with Gasteiger partial charge in [0.25, 0.3) is 0 Å². The molecule has 0 aliphatic carbocycles. The maximum Gasteiger partial charge on any atom is 0.192 e. The number of benzene rings is 3. The molecule has 4 heterocycles. The second-order valence-electron chi connectivity index (χ2n) is 8.58. The van der Waals surface area contributed by atoms with Gasteiger partial charge in [0.2, 0.25) is 0 Å². The Morgan fingerprint density at radius 1 is 0.472 bits per heavy atom. The summed E-state index contributed by atoms with van der Waals surface area (Å²) in [6.07, 6.45) is 3.61. The lowest BCUT2D eigenvalue weighted by atomic mass is 10.0. The third-order valence-corrected chi connectivity index (χ3v) is 6.95. The highest BCUT2D eigenvalue weighted by atomic mass is 127. The number of para-hydroxylation sites is 1. The minimum atomic E-state index is 0.721. The van der Waals surface area contributed by atoms with E-state index in [1.54, 1.807) is 12.4 Å². The molecular weight excluding hydrogens is 559 g/mol. The molecule has 0 saturated heterocycles. The Bertz CT molecular complexity index is 1820. The summed E-state index contributed by atoms with van der Waals surface area (Å²) >= 11 is 1.94. The molecule has 0 aliphatic heterocycles. The highest BCUT2D eigenvalue weighted by molar-refractivity contribution is 14.1. The van der Waals surface area contributed by atoms with Gasteiger partial charge in [-0.3, -0.25) is 9.97 Å². The second kappa shape index (κ2) is 8.49. The van der Waals surface area contributed by atoms with Crippen molar-refractivity contribution in [2.75, 3.05) is 0 Å². The number of hydrogen-bond acceptors (Lipinski definition) is 5. The molecule has 36 heavy (non-hydrogen) atoms. The lowest BCUT2D eigenvalue weighted by molar-refractivity contribution is 0.721. The summed E-state index contributed by atoms with van der Waals surface area (Å²) in [5.74, 6) is 0.721. The van der Waals surface area contributed by atoms with Gasteiger partial charge in [-0.1, -0.05) is 54.6 Å². The number of rotatable bonds is 3. The SMILES string of the molecule is IOc1c(-c2ccc3ccc4cccnc4c3n2)cccc1-c1ccc2ccc3cccnc3c2n1. The van der Waals surface area contributed by atoms with Crippen LogP contribution in [0.4, 0.5) is 0 Å². The molecule has 170 valence electrons. The zero-order chi connectivity index (χ0) is 24.1. The first-order valence-electron chi connectivity index (χ1n) is 11.5. The Balaban J connectivity index is 1.44. The lowest BCUT2D eigenvalue weighted by Gasteiger charge is -2.13. The first-order valence-corrected chi connectivity index (χ1v) is 12.4. The molecule has 5 nitrogen and oxygen atoms in total. The van der Waals surface area contributed by atoms with Gasteiger partial charge in [0, 0.05) is 45.1 Å². The largest absolute Gasteiger partial charge is 0.426 e. The van der Waals surface area contributed by atoms with E-state index in [4.69, 9.17) is 13.0 Å². The van der Waals surface area contributed by atoms with Crippen LogP contribution in [0.3, 0.4) is 0 Å². The van der Waals surface area contributed by atoms with Gasteiger partial charge in [0.05, 0.1) is 33.5 Å². The van der Waals surface area contributed by atoms with E-state index in [9.17, 15) is 0 Å². The predicted octanol–water partition coefficient (Wildman–Crippen LogP) is 7.94. The minimum absolute atomic E-state index is 0.721. The molecule has 0 amide bonds. The fourth-order valence-corrected chi connectivity index (χ4v) is 5.25. The quantitative estimate of drug-likeness (QED) is 0.158. The fraction of sp³-hybridized carbons (Fsp3) is 0. The van der Waals surface area contributed by atoms with Crippen LogP contribution < -0.4 is 3.07 Å². The lowest BCUT2D eigenvalue weighted by Crippen LogP contribution is -1.94. The molecule has 6 heteroatoms. The van der Waals surface area contributed by atoms with Crippen LogP contribution in [-0.2, 0) is 0 Å². The zero-order valence-corrected chi connectivity index (χ0v) is 21.0. The third kappa shape index (κ3) is 3.37. The molecule has 3 aromatic carbocycles. The van der Waals surface area contributed by atoms with E-state index in [-0.39, 0.29) is 0 Å². The predicted molar refractivity (Wildman–Crippen MR) is 153 cm³/mol. The normalized spacial score (nSPS) is 11.5. The standard InChI is InChI=1S/C30H17IN4O/c31-36-30-22(24-14-12-20-10-8-18-4-2-16-32-26(18)28(20)34-24)6-1-7-23(30)25-15-13-21-11-9-19-5-3-17-33-27(19)29(21)35-25/h1-17H. The number of pyridine rings is 4. The van der Waals surface area contributed by atoms with Crippen molar-refractivity contribution in [2.24, 2.45) is 0 Å². The van der Waals surface area contributed by atoms with Gasteiger partial charge in [0.1, 0.15) is 0 Å². The van der Waals surface area contributed by atoms with E-state index in [2.05, 4.69) is 58.5 Å². The van der Waals surface area contributed by atoms with Gasteiger partial charge >= 0.3 is 0 Å². The highest BCUT2D eigenvalue weighted by Gasteiger charge is 2.17. The van der Waals surface area contributed by atoms with Crippen molar-refractivity contribution in [2.45, 2.75) is 0 Å².